The first-order valence-corrected chi connectivity index (χ1v) is 4.90. The first-order chi connectivity index (χ1) is 6.54. The zero-order valence-corrected chi connectivity index (χ0v) is 8.56. The minimum Gasteiger partial charge on any atom is -0.390 e. The fourth-order valence-electron chi connectivity index (χ4n) is 1.89. The molecule has 0 fully saturated rings. The second kappa shape index (κ2) is 3.07. The number of aliphatic hydroxyl groups excluding tert-OH is 2. The summed E-state index contributed by atoms with van der Waals surface area (Å²) >= 11 is 0. The molecule has 1 aliphatic heterocycles. The molecule has 2 rings (SSSR count). The normalized spacial score (nSPS) is 24.7. The maximum atomic E-state index is 10.1. The van der Waals surface area contributed by atoms with Gasteiger partial charge in [-0.1, -0.05) is 13.8 Å². The van der Waals surface area contributed by atoms with Crippen molar-refractivity contribution in [3.05, 3.63) is 17.5 Å². The molecule has 4 nitrogen and oxygen atoms in total. The molecule has 1 unspecified atom stereocenters. The van der Waals surface area contributed by atoms with E-state index in [-0.39, 0.29) is 12.0 Å². The molecule has 1 aromatic heterocycles. The summed E-state index contributed by atoms with van der Waals surface area (Å²) in [5.41, 5.74) is 1.37. The van der Waals surface area contributed by atoms with Crippen LogP contribution in [0.15, 0.2) is 6.07 Å². The summed E-state index contributed by atoms with van der Waals surface area (Å²) in [5.74, 6) is 0. The van der Waals surface area contributed by atoms with Crippen LogP contribution in [0.5, 0.6) is 0 Å². The van der Waals surface area contributed by atoms with Crippen LogP contribution in [0.4, 0.5) is 0 Å². The monoisotopic (exact) mass is 196 g/mol. The zero-order valence-electron chi connectivity index (χ0n) is 8.56. The zero-order chi connectivity index (χ0) is 10.3. The fraction of sp³-hybridized carbons (Fsp3) is 0.700. The van der Waals surface area contributed by atoms with E-state index in [1.54, 1.807) is 10.7 Å². The number of hydrogen-bond acceptors (Lipinski definition) is 3. The Balaban J connectivity index is 2.40. The highest BCUT2D eigenvalue weighted by Crippen LogP contribution is 2.40. The van der Waals surface area contributed by atoms with Gasteiger partial charge in [0.25, 0.3) is 0 Å². The Bertz CT molecular complexity index is 344. The minimum atomic E-state index is -0.482. The highest BCUT2D eigenvalue weighted by Gasteiger charge is 2.35. The summed E-state index contributed by atoms with van der Waals surface area (Å²) in [6, 6.07) is 1.78. The third-order valence-corrected chi connectivity index (χ3v) is 3.01. The molecule has 0 aliphatic carbocycles. The first-order valence-electron chi connectivity index (χ1n) is 4.90. The Labute approximate surface area is 83.2 Å². The molecule has 0 amide bonds. The van der Waals surface area contributed by atoms with Gasteiger partial charge in [0.05, 0.1) is 18.0 Å². The van der Waals surface area contributed by atoms with Crippen LogP contribution in [-0.2, 0) is 13.2 Å². The van der Waals surface area contributed by atoms with Crippen LogP contribution in [-0.4, -0.2) is 20.0 Å². The third-order valence-electron chi connectivity index (χ3n) is 3.01. The number of aryl methyl sites for hydroxylation is 1. The molecule has 4 heteroatoms. The Morgan fingerprint density at radius 1 is 1.64 bits per heavy atom. The van der Waals surface area contributed by atoms with E-state index in [1.165, 1.54) is 0 Å². The average Bonchev–Trinajstić information content (AvgIpc) is 2.55. The molecule has 1 aliphatic rings. The van der Waals surface area contributed by atoms with E-state index in [0.29, 0.717) is 5.69 Å². The summed E-state index contributed by atoms with van der Waals surface area (Å²) in [6.45, 7) is 4.85. The van der Waals surface area contributed by atoms with Crippen molar-refractivity contribution in [2.24, 2.45) is 5.41 Å². The van der Waals surface area contributed by atoms with E-state index in [1.807, 2.05) is 13.8 Å². The molecule has 0 saturated heterocycles. The molecule has 0 aromatic carbocycles. The van der Waals surface area contributed by atoms with Crippen molar-refractivity contribution >= 4 is 0 Å². The molecule has 1 atom stereocenters. The fourth-order valence-corrected chi connectivity index (χ4v) is 1.89. The van der Waals surface area contributed by atoms with Gasteiger partial charge in [-0.15, -0.1) is 0 Å². The number of rotatable bonds is 1. The van der Waals surface area contributed by atoms with Gasteiger partial charge in [0.15, 0.2) is 0 Å². The van der Waals surface area contributed by atoms with E-state index < -0.39 is 6.10 Å². The lowest BCUT2D eigenvalue weighted by Crippen LogP contribution is -2.31. The van der Waals surface area contributed by atoms with Crippen molar-refractivity contribution in [2.45, 2.75) is 39.5 Å². The highest BCUT2D eigenvalue weighted by atomic mass is 16.3. The topological polar surface area (TPSA) is 58.3 Å². The lowest BCUT2D eigenvalue weighted by Gasteiger charge is -2.35. The lowest BCUT2D eigenvalue weighted by atomic mass is 9.79. The van der Waals surface area contributed by atoms with Gasteiger partial charge >= 0.3 is 0 Å². The second-order valence-corrected chi connectivity index (χ2v) is 4.58. The maximum absolute atomic E-state index is 10.1. The molecule has 0 spiro atoms. The van der Waals surface area contributed by atoms with Crippen molar-refractivity contribution in [3.63, 3.8) is 0 Å². The summed E-state index contributed by atoms with van der Waals surface area (Å²) in [4.78, 5) is 0. The number of hydrogen-bond donors (Lipinski definition) is 2. The minimum absolute atomic E-state index is 0.0624. The van der Waals surface area contributed by atoms with Crippen molar-refractivity contribution in [3.8, 4) is 0 Å². The van der Waals surface area contributed by atoms with Gasteiger partial charge in [-0.05, 0) is 17.9 Å². The molecular weight excluding hydrogens is 180 g/mol. The number of aliphatic hydroxyl groups is 2. The van der Waals surface area contributed by atoms with Crippen molar-refractivity contribution in [2.75, 3.05) is 0 Å². The Kier molecular flexibility index (Phi) is 2.12. The van der Waals surface area contributed by atoms with Crippen LogP contribution < -0.4 is 0 Å². The number of nitrogens with zero attached hydrogens (tertiary/aromatic N) is 2. The largest absolute Gasteiger partial charge is 0.390 e. The summed E-state index contributed by atoms with van der Waals surface area (Å²) < 4.78 is 1.79. The van der Waals surface area contributed by atoms with E-state index in [9.17, 15) is 5.11 Å². The standard InChI is InChI=1S/C10H16N2O2/c1-10(2)3-4-12-8(9(10)14)5-7(6-13)11-12/h5,9,13-14H,3-4,6H2,1-2H3. The number of aromatic nitrogens is 2. The summed E-state index contributed by atoms with van der Waals surface area (Å²) in [6.07, 6.45) is 0.428. The van der Waals surface area contributed by atoms with Crippen LogP contribution in [0.3, 0.4) is 0 Å². The average molecular weight is 196 g/mol. The van der Waals surface area contributed by atoms with Gasteiger partial charge in [0.2, 0.25) is 0 Å². The Morgan fingerprint density at radius 3 is 3.00 bits per heavy atom. The van der Waals surface area contributed by atoms with Crippen molar-refractivity contribution < 1.29 is 10.2 Å². The third kappa shape index (κ3) is 1.35. The molecular formula is C10H16N2O2. The van der Waals surface area contributed by atoms with Crippen LogP contribution >= 0.6 is 0 Å². The van der Waals surface area contributed by atoms with E-state index in [0.717, 1.165) is 18.7 Å². The van der Waals surface area contributed by atoms with Gasteiger partial charge in [0, 0.05) is 6.54 Å². The summed E-state index contributed by atoms with van der Waals surface area (Å²) in [7, 11) is 0. The van der Waals surface area contributed by atoms with Crippen LogP contribution in [0, 0.1) is 5.41 Å². The Morgan fingerprint density at radius 2 is 2.36 bits per heavy atom. The predicted molar refractivity (Wildman–Crippen MR) is 51.5 cm³/mol. The molecule has 2 N–H and O–H groups in total. The van der Waals surface area contributed by atoms with Crippen LogP contribution in [0.25, 0.3) is 0 Å². The lowest BCUT2D eigenvalue weighted by molar-refractivity contribution is 0.0146. The highest BCUT2D eigenvalue weighted by molar-refractivity contribution is 5.16. The quantitative estimate of drug-likeness (QED) is 0.699. The number of fused-ring (bicyclic) bond motifs is 1. The smallest absolute Gasteiger partial charge is 0.101 e. The molecule has 2 heterocycles. The van der Waals surface area contributed by atoms with Crippen molar-refractivity contribution in [1.82, 2.24) is 9.78 Å². The van der Waals surface area contributed by atoms with E-state index >= 15 is 0 Å². The molecule has 78 valence electrons. The molecule has 0 saturated carbocycles. The molecule has 0 radical (unpaired) electrons. The maximum Gasteiger partial charge on any atom is 0.101 e. The van der Waals surface area contributed by atoms with Crippen LogP contribution in [0.1, 0.15) is 37.8 Å². The Hall–Kier alpha value is -0.870. The van der Waals surface area contributed by atoms with Gasteiger partial charge in [0.1, 0.15) is 6.10 Å². The summed E-state index contributed by atoms with van der Waals surface area (Å²) in [5, 5.41) is 23.2. The second-order valence-electron chi connectivity index (χ2n) is 4.58. The van der Waals surface area contributed by atoms with Crippen LogP contribution in [0.2, 0.25) is 0 Å². The molecule has 0 bridgehead atoms. The van der Waals surface area contributed by atoms with Gasteiger partial charge in [-0.3, -0.25) is 4.68 Å². The van der Waals surface area contributed by atoms with Crippen molar-refractivity contribution in [1.29, 1.82) is 0 Å². The van der Waals surface area contributed by atoms with E-state index in [4.69, 9.17) is 5.11 Å². The molecule has 1 aromatic rings. The van der Waals surface area contributed by atoms with Gasteiger partial charge in [-0.25, -0.2) is 0 Å². The van der Waals surface area contributed by atoms with Gasteiger partial charge < -0.3 is 10.2 Å². The van der Waals surface area contributed by atoms with E-state index in [2.05, 4.69) is 5.10 Å². The molecule has 14 heavy (non-hydrogen) atoms. The predicted octanol–water partition coefficient (Wildman–Crippen LogP) is 0.839. The SMILES string of the molecule is CC1(C)CCn2nc(CO)cc2C1O. The van der Waals surface area contributed by atoms with Gasteiger partial charge in [-0.2, -0.15) is 5.10 Å². The first kappa shape index (κ1) is 9.68.